The standard InChI is InChI=1S/C24H24N2O4/c1-29-21-8-4-7-20(15-21)26-16-19(14-23(26)27)24(28)25-11-12-30-22-10-9-17-5-2-3-6-18(17)13-22/h2-10,13,15,19H,11-12,14,16H2,1H3,(H,25,28)/t19-/m0/s1. The van der Waals surface area contributed by atoms with Gasteiger partial charge in [0.25, 0.3) is 0 Å². The van der Waals surface area contributed by atoms with Gasteiger partial charge in [0.2, 0.25) is 11.8 Å². The van der Waals surface area contributed by atoms with E-state index < -0.39 is 0 Å². The predicted molar refractivity (Wildman–Crippen MR) is 116 cm³/mol. The van der Waals surface area contributed by atoms with E-state index in [0.29, 0.717) is 25.4 Å². The van der Waals surface area contributed by atoms with Crippen molar-refractivity contribution in [1.29, 1.82) is 0 Å². The molecule has 0 spiro atoms. The fourth-order valence-corrected chi connectivity index (χ4v) is 3.66. The Kier molecular flexibility index (Phi) is 5.84. The number of rotatable bonds is 7. The van der Waals surface area contributed by atoms with E-state index in [2.05, 4.69) is 11.4 Å². The van der Waals surface area contributed by atoms with Crippen molar-refractivity contribution in [2.45, 2.75) is 6.42 Å². The van der Waals surface area contributed by atoms with Gasteiger partial charge in [0.05, 0.1) is 19.6 Å². The molecule has 6 nitrogen and oxygen atoms in total. The van der Waals surface area contributed by atoms with E-state index >= 15 is 0 Å². The number of fused-ring (bicyclic) bond motifs is 1. The molecule has 0 bridgehead atoms. The van der Waals surface area contributed by atoms with Gasteiger partial charge in [-0.3, -0.25) is 9.59 Å². The van der Waals surface area contributed by atoms with Gasteiger partial charge in [-0.15, -0.1) is 0 Å². The molecule has 6 heteroatoms. The minimum Gasteiger partial charge on any atom is -0.497 e. The molecule has 1 aliphatic heterocycles. The fourth-order valence-electron chi connectivity index (χ4n) is 3.66. The van der Waals surface area contributed by atoms with Crippen LogP contribution in [0.1, 0.15) is 6.42 Å². The highest BCUT2D eigenvalue weighted by Gasteiger charge is 2.35. The topological polar surface area (TPSA) is 67.9 Å². The lowest BCUT2D eigenvalue weighted by Crippen LogP contribution is -2.35. The van der Waals surface area contributed by atoms with Crippen LogP contribution in [0.25, 0.3) is 10.8 Å². The van der Waals surface area contributed by atoms with Gasteiger partial charge >= 0.3 is 0 Å². The van der Waals surface area contributed by atoms with E-state index in [1.54, 1.807) is 18.1 Å². The molecule has 0 saturated carbocycles. The van der Waals surface area contributed by atoms with Crippen molar-refractivity contribution in [2.24, 2.45) is 5.92 Å². The lowest BCUT2D eigenvalue weighted by Gasteiger charge is -2.17. The largest absolute Gasteiger partial charge is 0.497 e. The Bertz CT molecular complexity index is 1070. The number of carbonyl (C=O) groups is 2. The molecule has 1 N–H and O–H groups in total. The minimum absolute atomic E-state index is 0.0594. The van der Waals surface area contributed by atoms with Crippen molar-refractivity contribution in [3.8, 4) is 11.5 Å². The fraction of sp³-hybridized carbons (Fsp3) is 0.250. The molecule has 4 rings (SSSR count). The molecule has 154 valence electrons. The molecule has 1 saturated heterocycles. The Morgan fingerprint density at radius 2 is 1.87 bits per heavy atom. The Morgan fingerprint density at radius 3 is 2.70 bits per heavy atom. The van der Waals surface area contributed by atoms with Gasteiger partial charge in [0.15, 0.2) is 0 Å². The number of methoxy groups -OCH3 is 1. The lowest BCUT2D eigenvalue weighted by molar-refractivity contribution is -0.126. The molecule has 0 radical (unpaired) electrons. The van der Waals surface area contributed by atoms with Crippen LogP contribution in [0.5, 0.6) is 11.5 Å². The van der Waals surface area contributed by atoms with E-state index in [1.807, 2.05) is 54.6 Å². The summed E-state index contributed by atoms with van der Waals surface area (Å²) in [7, 11) is 1.58. The maximum absolute atomic E-state index is 12.5. The molecule has 0 aromatic heterocycles. The van der Waals surface area contributed by atoms with Crippen LogP contribution < -0.4 is 19.7 Å². The zero-order chi connectivity index (χ0) is 20.9. The van der Waals surface area contributed by atoms with Crippen LogP contribution in [-0.2, 0) is 9.59 Å². The first-order chi connectivity index (χ1) is 14.6. The van der Waals surface area contributed by atoms with E-state index in [0.717, 1.165) is 22.2 Å². The molecule has 1 fully saturated rings. The average Bonchev–Trinajstić information content (AvgIpc) is 3.18. The van der Waals surface area contributed by atoms with Crippen LogP contribution in [0, 0.1) is 5.92 Å². The van der Waals surface area contributed by atoms with Gasteiger partial charge in [0, 0.05) is 24.7 Å². The molecule has 1 atom stereocenters. The molecule has 3 aromatic rings. The highest BCUT2D eigenvalue weighted by Crippen LogP contribution is 2.28. The summed E-state index contributed by atoms with van der Waals surface area (Å²) in [5, 5.41) is 5.15. The summed E-state index contributed by atoms with van der Waals surface area (Å²) in [5.41, 5.74) is 0.745. The second-order valence-electron chi connectivity index (χ2n) is 7.26. The van der Waals surface area contributed by atoms with Gasteiger partial charge < -0.3 is 19.7 Å². The number of hydrogen-bond donors (Lipinski definition) is 1. The van der Waals surface area contributed by atoms with Crippen LogP contribution in [0.15, 0.2) is 66.7 Å². The quantitative estimate of drug-likeness (QED) is 0.613. The van der Waals surface area contributed by atoms with E-state index in [9.17, 15) is 9.59 Å². The molecular formula is C24H24N2O4. The highest BCUT2D eigenvalue weighted by atomic mass is 16.5. The summed E-state index contributed by atoms with van der Waals surface area (Å²) in [4.78, 5) is 26.5. The summed E-state index contributed by atoms with van der Waals surface area (Å²) in [6.45, 7) is 1.11. The minimum atomic E-state index is -0.371. The van der Waals surface area contributed by atoms with Crippen molar-refractivity contribution in [2.75, 3.05) is 31.7 Å². The molecule has 0 aliphatic carbocycles. The van der Waals surface area contributed by atoms with Crippen molar-refractivity contribution in [1.82, 2.24) is 5.32 Å². The average molecular weight is 404 g/mol. The number of nitrogens with zero attached hydrogens (tertiary/aromatic N) is 1. The first-order valence-corrected chi connectivity index (χ1v) is 9.98. The third-order valence-corrected chi connectivity index (χ3v) is 5.25. The molecule has 1 heterocycles. The van der Waals surface area contributed by atoms with E-state index in [4.69, 9.17) is 9.47 Å². The molecule has 2 amide bonds. The van der Waals surface area contributed by atoms with Crippen molar-refractivity contribution in [3.05, 3.63) is 66.7 Å². The third kappa shape index (κ3) is 4.38. The number of nitrogens with one attached hydrogen (secondary N) is 1. The first-order valence-electron chi connectivity index (χ1n) is 9.98. The zero-order valence-corrected chi connectivity index (χ0v) is 16.8. The third-order valence-electron chi connectivity index (χ3n) is 5.25. The van der Waals surface area contributed by atoms with Gasteiger partial charge in [-0.05, 0) is 35.0 Å². The molecule has 3 aromatic carbocycles. The Morgan fingerprint density at radius 1 is 1.03 bits per heavy atom. The van der Waals surface area contributed by atoms with Crippen molar-refractivity contribution >= 4 is 28.3 Å². The van der Waals surface area contributed by atoms with Crippen molar-refractivity contribution < 1.29 is 19.1 Å². The predicted octanol–water partition coefficient (Wildman–Crippen LogP) is 3.40. The first kappa shape index (κ1) is 19.8. The van der Waals surface area contributed by atoms with Gasteiger partial charge in [-0.2, -0.15) is 0 Å². The van der Waals surface area contributed by atoms with Crippen LogP contribution in [0.2, 0.25) is 0 Å². The highest BCUT2D eigenvalue weighted by molar-refractivity contribution is 6.00. The summed E-state index contributed by atoms with van der Waals surface area (Å²) in [5.74, 6) is 0.887. The second kappa shape index (κ2) is 8.86. The number of anilines is 1. The van der Waals surface area contributed by atoms with Crippen LogP contribution in [0.3, 0.4) is 0 Å². The maximum Gasteiger partial charge on any atom is 0.227 e. The number of amides is 2. The van der Waals surface area contributed by atoms with Crippen LogP contribution in [0.4, 0.5) is 5.69 Å². The molecule has 0 unspecified atom stereocenters. The van der Waals surface area contributed by atoms with Gasteiger partial charge in [0.1, 0.15) is 18.1 Å². The van der Waals surface area contributed by atoms with Crippen LogP contribution in [-0.4, -0.2) is 38.6 Å². The monoisotopic (exact) mass is 404 g/mol. The Balaban J connectivity index is 1.27. The molecule has 1 aliphatic rings. The number of carbonyl (C=O) groups excluding carboxylic acids is 2. The van der Waals surface area contributed by atoms with E-state index in [-0.39, 0.29) is 24.2 Å². The SMILES string of the molecule is COc1cccc(N2C[C@@H](C(=O)NCCOc3ccc4ccccc4c3)CC2=O)c1. The summed E-state index contributed by atoms with van der Waals surface area (Å²) < 4.78 is 11.0. The Hall–Kier alpha value is -3.54. The molecule has 30 heavy (non-hydrogen) atoms. The number of ether oxygens (including phenoxy) is 2. The van der Waals surface area contributed by atoms with Gasteiger partial charge in [-0.1, -0.05) is 36.4 Å². The van der Waals surface area contributed by atoms with E-state index in [1.165, 1.54) is 0 Å². The normalized spacial score (nSPS) is 16.0. The maximum atomic E-state index is 12.5. The molecular weight excluding hydrogens is 380 g/mol. The number of benzene rings is 3. The lowest BCUT2D eigenvalue weighted by atomic mass is 10.1. The van der Waals surface area contributed by atoms with Crippen LogP contribution >= 0.6 is 0 Å². The summed E-state index contributed by atoms with van der Waals surface area (Å²) >= 11 is 0. The van der Waals surface area contributed by atoms with Crippen molar-refractivity contribution in [3.63, 3.8) is 0 Å². The smallest absolute Gasteiger partial charge is 0.227 e. The number of hydrogen-bond acceptors (Lipinski definition) is 4. The second-order valence-corrected chi connectivity index (χ2v) is 7.26. The zero-order valence-electron chi connectivity index (χ0n) is 16.8. The van der Waals surface area contributed by atoms with Gasteiger partial charge in [-0.25, -0.2) is 0 Å². The Labute approximate surface area is 175 Å². The summed E-state index contributed by atoms with van der Waals surface area (Å²) in [6.07, 6.45) is 0.203. The summed E-state index contributed by atoms with van der Waals surface area (Å²) in [6, 6.07) is 21.3.